The minimum atomic E-state index is -1.07. The van der Waals surface area contributed by atoms with Crippen molar-refractivity contribution in [1.82, 2.24) is 5.32 Å². The quantitative estimate of drug-likeness (QED) is 0.688. The van der Waals surface area contributed by atoms with Crippen molar-refractivity contribution < 1.29 is 19.4 Å². The van der Waals surface area contributed by atoms with E-state index in [-0.39, 0.29) is 6.03 Å². The molecule has 0 fully saturated rings. The molecule has 0 saturated heterocycles. The molecule has 1 aromatic rings. The van der Waals surface area contributed by atoms with Crippen LogP contribution < -0.4 is 15.4 Å². The number of carbonyl (C=O) groups excluding carboxylic acids is 1. The normalized spacial score (nSPS) is 10.2. The standard InChI is InChI=1S/C15H22N2O4/c1-3-11(4-2)9-16-15(20)17-12-7-5-6-8-13(12)21-10-14(18)19/h5-8,11H,3-4,9-10H2,1-2H3,(H,18,19)(H2,16,17,20). The summed E-state index contributed by atoms with van der Waals surface area (Å²) in [4.78, 5) is 22.4. The Morgan fingerprint density at radius 2 is 1.90 bits per heavy atom. The van der Waals surface area contributed by atoms with E-state index in [2.05, 4.69) is 24.5 Å². The third-order valence-corrected chi connectivity index (χ3v) is 3.19. The minimum Gasteiger partial charge on any atom is -0.480 e. The van der Waals surface area contributed by atoms with Crippen LogP contribution >= 0.6 is 0 Å². The van der Waals surface area contributed by atoms with Crippen molar-refractivity contribution >= 4 is 17.7 Å². The minimum absolute atomic E-state index is 0.326. The Labute approximate surface area is 124 Å². The molecule has 1 rings (SSSR count). The number of amides is 2. The van der Waals surface area contributed by atoms with Gasteiger partial charge >= 0.3 is 12.0 Å². The summed E-state index contributed by atoms with van der Waals surface area (Å²) in [6, 6.07) is 6.40. The molecule has 21 heavy (non-hydrogen) atoms. The van der Waals surface area contributed by atoms with Gasteiger partial charge in [-0.15, -0.1) is 0 Å². The van der Waals surface area contributed by atoms with Gasteiger partial charge in [0, 0.05) is 6.54 Å². The number of urea groups is 1. The Balaban J connectivity index is 2.57. The molecule has 6 nitrogen and oxygen atoms in total. The Hall–Kier alpha value is -2.24. The van der Waals surface area contributed by atoms with Crippen molar-refractivity contribution in [3.05, 3.63) is 24.3 Å². The summed E-state index contributed by atoms with van der Waals surface area (Å²) in [7, 11) is 0. The van der Waals surface area contributed by atoms with Gasteiger partial charge in [-0.2, -0.15) is 0 Å². The fourth-order valence-electron chi connectivity index (χ4n) is 1.82. The van der Waals surface area contributed by atoms with Crippen LogP contribution in [0.5, 0.6) is 5.75 Å². The average Bonchev–Trinajstić information content (AvgIpc) is 2.47. The zero-order chi connectivity index (χ0) is 15.7. The maximum absolute atomic E-state index is 11.8. The fourth-order valence-corrected chi connectivity index (χ4v) is 1.82. The van der Waals surface area contributed by atoms with Crippen LogP contribution in [0.25, 0.3) is 0 Å². The van der Waals surface area contributed by atoms with E-state index in [0.717, 1.165) is 12.8 Å². The number of hydrogen-bond donors (Lipinski definition) is 3. The van der Waals surface area contributed by atoms with Gasteiger partial charge in [-0.1, -0.05) is 38.8 Å². The molecule has 0 aliphatic heterocycles. The van der Waals surface area contributed by atoms with E-state index >= 15 is 0 Å². The molecule has 0 aliphatic carbocycles. The highest BCUT2D eigenvalue weighted by Crippen LogP contribution is 2.23. The molecule has 0 saturated carbocycles. The number of rotatable bonds is 8. The zero-order valence-corrected chi connectivity index (χ0v) is 12.4. The lowest BCUT2D eigenvalue weighted by atomic mass is 10.0. The summed E-state index contributed by atoms with van der Waals surface area (Å²) in [5.41, 5.74) is 0.445. The number of carbonyl (C=O) groups is 2. The molecule has 0 aliphatic rings. The second-order valence-electron chi connectivity index (χ2n) is 4.70. The van der Waals surface area contributed by atoms with E-state index in [1.165, 1.54) is 0 Å². The lowest BCUT2D eigenvalue weighted by Gasteiger charge is -2.15. The first-order valence-corrected chi connectivity index (χ1v) is 7.05. The highest BCUT2D eigenvalue weighted by molar-refractivity contribution is 5.90. The molecule has 6 heteroatoms. The third-order valence-electron chi connectivity index (χ3n) is 3.19. The number of carboxylic acid groups (broad SMARTS) is 1. The Morgan fingerprint density at radius 1 is 1.24 bits per heavy atom. The molecule has 0 aromatic heterocycles. The van der Waals surface area contributed by atoms with Gasteiger partial charge in [0.25, 0.3) is 0 Å². The Bertz CT molecular complexity index is 472. The number of ether oxygens (including phenoxy) is 1. The van der Waals surface area contributed by atoms with Crippen molar-refractivity contribution in [2.24, 2.45) is 5.92 Å². The number of aliphatic carboxylic acids is 1. The van der Waals surface area contributed by atoms with Crippen LogP contribution in [0.15, 0.2) is 24.3 Å². The first-order chi connectivity index (χ1) is 10.1. The number of anilines is 1. The van der Waals surface area contributed by atoms with Crippen LogP contribution in [0, 0.1) is 5.92 Å². The molecule has 1 aromatic carbocycles. The number of para-hydroxylation sites is 2. The van der Waals surface area contributed by atoms with Crippen LogP contribution in [-0.4, -0.2) is 30.3 Å². The molecule has 0 bridgehead atoms. The van der Waals surface area contributed by atoms with Gasteiger partial charge in [-0.25, -0.2) is 9.59 Å². The van der Waals surface area contributed by atoms with Crippen LogP contribution in [0.2, 0.25) is 0 Å². The Kier molecular flexibility index (Phi) is 7.08. The van der Waals surface area contributed by atoms with Crippen molar-refractivity contribution in [3.63, 3.8) is 0 Å². The number of benzene rings is 1. The van der Waals surface area contributed by atoms with Crippen LogP contribution in [0.1, 0.15) is 26.7 Å². The van der Waals surface area contributed by atoms with Crippen LogP contribution in [-0.2, 0) is 4.79 Å². The van der Waals surface area contributed by atoms with E-state index in [1.807, 2.05) is 0 Å². The van der Waals surface area contributed by atoms with E-state index in [9.17, 15) is 9.59 Å². The van der Waals surface area contributed by atoms with Crippen LogP contribution in [0.3, 0.4) is 0 Å². The predicted molar refractivity (Wildman–Crippen MR) is 80.7 cm³/mol. The van der Waals surface area contributed by atoms with Crippen molar-refractivity contribution in [2.75, 3.05) is 18.5 Å². The van der Waals surface area contributed by atoms with E-state index in [4.69, 9.17) is 9.84 Å². The summed E-state index contributed by atoms with van der Waals surface area (Å²) < 4.78 is 5.13. The van der Waals surface area contributed by atoms with E-state index in [1.54, 1.807) is 24.3 Å². The van der Waals surface area contributed by atoms with Gasteiger partial charge in [0.2, 0.25) is 0 Å². The average molecular weight is 294 g/mol. The first kappa shape index (κ1) is 16.8. The lowest BCUT2D eigenvalue weighted by Crippen LogP contribution is -2.33. The van der Waals surface area contributed by atoms with Gasteiger partial charge in [0.05, 0.1) is 5.69 Å². The van der Waals surface area contributed by atoms with Crippen molar-refractivity contribution in [3.8, 4) is 5.75 Å². The van der Waals surface area contributed by atoms with E-state index < -0.39 is 12.6 Å². The monoisotopic (exact) mass is 294 g/mol. The van der Waals surface area contributed by atoms with Gasteiger partial charge in [-0.3, -0.25) is 0 Å². The highest BCUT2D eigenvalue weighted by atomic mass is 16.5. The van der Waals surface area contributed by atoms with Gasteiger partial charge < -0.3 is 20.5 Å². The lowest BCUT2D eigenvalue weighted by molar-refractivity contribution is -0.139. The molecule has 0 atom stereocenters. The number of carboxylic acids is 1. The molecule has 0 spiro atoms. The van der Waals surface area contributed by atoms with Crippen molar-refractivity contribution in [1.29, 1.82) is 0 Å². The fraction of sp³-hybridized carbons (Fsp3) is 0.467. The van der Waals surface area contributed by atoms with Crippen molar-refractivity contribution in [2.45, 2.75) is 26.7 Å². The van der Waals surface area contributed by atoms with Gasteiger partial charge in [-0.05, 0) is 18.1 Å². The largest absolute Gasteiger partial charge is 0.480 e. The molecular formula is C15H22N2O4. The van der Waals surface area contributed by atoms with Gasteiger partial charge in [0.1, 0.15) is 5.75 Å². The summed E-state index contributed by atoms with van der Waals surface area (Å²) in [6.45, 7) is 4.33. The molecule has 116 valence electrons. The summed E-state index contributed by atoms with van der Waals surface area (Å²) >= 11 is 0. The maximum Gasteiger partial charge on any atom is 0.341 e. The second kappa shape index (κ2) is 8.84. The topological polar surface area (TPSA) is 87.7 Å². The predicted octanol–water partition coefficient (Wildman–Crippen LogP) is 2.71. The number of nitrogens with one attached hydrogen (secondary N) is 2. The smallest absolute Gasteiger partial charge is 0.341 e. The first-order valence-electron chi connectivity index (χ1n) is 7.05. The summed E-state index contributed by atoms with van der Waals surface area (Å²) in [5.74, 6) is -0.283. The zero-order valence-electron chi connectivity index (χ0n) is 12.4. The Morgan fingerprint density at radius 3 is 2.52 bits per heavy atom. The van der Waals surface area contributed by atoms with Crippen LogP contribution in [0.4, 0.5) is 10.5 Å². The highest BCUT2D eigenvalue weighted by Gasteiger charge is 2.10. The summed E-state index contributed by atoms with van der Waals surface area (Å²) in [6.07, 6.45) is 2.02. The second-order valence-corrected chi connectivity index (χ2v) is 4.70. The molecule has 3 N–H and O–H groups in total. The summed E-state index contributed by atoms with van der Waals surface area (Å²) in [5, 5.41) is 14.1. The SMILES string of the molecule is CCC(CC)CNC(=O)Nc1ccccc1OCC(=O)O. The van der Waals surface area contributed by atoms with E-state index in [0.29, 0.717) is 23.9 Å². The molecular weight excluding hydrogens is 272 g/mol. The maximum atomic E-state index is 11.8. The molecule has 0 radical (unpaired) electrons. The molecule has 0 unspecified atom stereocenters. The molecule has 2 amide bonds. The molecule has 0 heterocycles. The third kappa shape index (κ3) is 6.16. The number of hydrogen-bond acceptors (Lipinski definition) is 3. The van der Waals surface area contributed by atoms with Gasteiger partial charge in [0.15, 0.2) is 6.61 Å².